The topological polar surface area (TPSA) is 64.3 Å². The fraction of sp³-hybridized carbons (Fsp3) is 0.412. The molecule has 1 saturated heterocycles. The molecule has 0 amide bonds. The standard InChI is InChI=1S/C17H22N4O/c1-12-6-8-14(9-7-12)22-17-15(18)16(19-11-20-17)21-10-4-3-5-13(21)2/h6-9,11,13H,3-5,10,18H2,1-2H3. The van der Waals surface area contributed by atoms with E-state index in [0.29, 0.717) is 17.6 Å². The van der Waals surface area contributed by atoms with Crippen LogP contribution in [0.15, 0.2) is 30.6 Å². The van der Waals surface area contributed by atoms with Crippen molar-refractivity contribution in [2.75, 3.05) is 17.2 Å². The van der Waals surface area contributed by atoms with Crippen LogP contribution in [0.1, 0.15) is 31.7 Å². The fourth-order valence-corrected chi connectivity index (χ4v) is 2.81. The molecule has 1 atom stereocenters. The molecule has 5 heteroatoms. The van der Waals surface area contributed by atoms with Crippen molar-refractivity contribution in [1.29, 1.82) is 0 Å². The number of aryl methyl sites for hydroxylation is 1. The molecule has 0 radical (unpaired) electrons. The third-order valence-electron chi connectivity index (χ3n) is 4.14. The predicted octanol–water partition coefficient (Wildman–Crippen LogP) is 3.54. The lowest BCUT2D eigenvalue weighted by Crippen LogP contribution is -2.38. The van der Waals surface area contributed by atoms with E-state index < -0.39 is 0 Å². The summed E-state index contributed by atoms with van der Waals surface area (Å²) in [5.41, 5.74) is 7.96. The van der Waals surface area contributed by atoms with E-state index in [4.69, 9.17) is 10.5 Å². The van der Waals surface area contributed by atoms with Crippen molar-refractivity contribution in [2.24, 2.45) is 0 Å². The Morgan fingerprint density at radius 2 is 1.95 bits per heavy atom. The van der Waals surface area contributed by atoms with E-state index in [1.165, 1.54) is 24.7 Å². The lowest BCUT2D eigenvalue weighted by Gasteiger charge is -2.35. The minimum Gasteiger partial charge on any atom is -0.437 e. The number of nitrogen functional groups attached to an aromatic ring is 1. The third kappa shape index (κ3) is 2.98. The molecule has 1 aliphatic rings. The molecule has 1 aliphatic heterocycles. The maximum atomic E-state index is 6.26. The summed E-state index contributed by atoms with van der Waals surface area (Å²) in [6.07, 6.45) is 5.12. The van der Waals surface area contributed by atoms with Gasteiger partial charge in [0.05, 0.1) is 0 Å². The van der Waals surface area contributed by atoms with Crippen molar-refractivity contribution >= 4 is 11.5 Å². The Morgan fingerprint density at radius 1 is 1.18 bits per heavy atom. The Kier molecular flexibility index (Phi) is 4.13. The van der Waals surface area contributed by atoms with Crippen molar-refractivity contribution in [1.82, 2.24) is 9.97 Å². The largest absolute Gasteiger partial charge is 0.437 e. The van der Waals surface area contributed by atoms with Crippen molar-refractivity contribution < 1.29 is 4.74 Å². The number of piperidine rings is 1. The molecular formula is C17H22N4O. The minimum absolute atomic E-state index is 0.423. The Hall–Kier alpha value is -2.30. The molecule has 116 valence electrons. The van der Waals surface area contributed by atoms with E-state index in [0.717, 1.165) is 24.5 Å². The van der Waals surface area contributed by atoms with Gasteiger partial charge in [-0.05, 0) is 45.2 Å². The number of hydrogen-bond donors (Lipinski definition) is 1. The van der Waals surface area contributed by atoms with Crippen LogP contribution in [0.5, 0.6) is 11.6 Å². The van der Waals surface area contributed by atoms with Crippen LogP contribution in [0.4, 0.5) is 11.5 Å². The molecule has 0 aliphatic carbocycles. The smallest absolute Gasteiger partial charge is 0.248 e. The van der Waals surface area contributed by atoms with Gasteiger partial charge >= 0.3 is 0 Å². The van der Waals surface area contributed by atoms with Gasteiger partial charge in [-0.25, -0.2) is 4.98 Å². The van der Waals surface area contributed by atoms with Crippen LogP contribution in [-0.2, 0) is 0 Å². The number of nitrogens with two attached hydrogens (primary N) is 1. The molecule has 2 heterocycles. The third-order valence-corrected chi connectivity index (χ3v) is 4.14. The average Bonchev–Trinajstić information content (AvgIpc) is 2.52. The van der Waals surface area contributed by atoms with Crippen LogP contribution in [0.2, 0.25) is 0 Å². The summed E-state index contributed by atoms with van der Waals surface area (Å²) >= 11 is 0. The lowest BCUT2D eigenvalue weighted by molar-refractivity contribution is 0.458. The van der Waals surface area contributed by atoms with Crippen LogP contribution >= 0.6 is 0 Å². The molecular weight excluding hydrogens is 276 g/mol. The second kappa shape index (κ2) is 6.22. The van der Waals surface area contributed by atoms with Crippen molar-refractivity contribution in [3.05, 3.63) is 36.2 Å². The summed E-state index contributed by atoms with van der Waals surface area (Å²) in [6.45, 7) is 5.23. The van der Waals surface area contributed by atoms with Gasteiger partial charge in [0.15, 0.2) is 5.82 Å². The molecule has 3 rings (SSSR count). The molecule has 0 saturated carbocycles. The van der Waals surface area contributed by atoms with E-state index in [1.807, 2.05) is 31.2 Å². The van der Waals surface area contributed by atoms with Crippen LogP contribution in [0.3, 0.4) is 0 Å². The number of anilines is 2. The number of ether oxygens (including phenoxy) is 1. The summed E-state index contributed by atoms with van der Waals surface area (Å²) in [6, 6.07) is 8.28. The molecule has 1 fully saturated rings. The van der Waals surface area contributed by atoms with Gasteiger partial charge in [-0.2, -0.15) is 4.98 Å². The minimum atomic E-state index is 0.423. The fourth-order valence-electron chi connectivity index (χ4n) is 2.81. The van der Waals surface area contributed by atoms with Gasteiger partial charge in [0, 0.05) is 12.6 Å². The summed E-state index contributed by atoms with van der Waals surface area (Å²) in [4.78, 5) is 10.8. The van der Waals surface area contributed by atoms with Crippen molar-refractivity contribution in [3.8, 4) is 11.6 Å². The van der Waals surface area contributed by atoms with Gasteiger partial charge in [-0.1, -0.05) is 17.7 Å². The quantitative estimate of drug-likeness (QED) is 0.939. The molecule has 1 unspecified atom stereocenters. The highest BCUT2D eigenvalue weighted by Crippen LogP contribution is 2.34. The van der Waals surface area contributed by atoms with Crippen LogP contribution < -0.4 is 15.4 Å². The van der Waals surface area contributed by atoms with Crippen molar-refractivity contribution in [3.63, 3.8) is 0 Å². The molecule has 1 aromatic heterocycles. The molecule has 22 heavy (non-hydrogen) atoms. The first-order valence-electron chi connectivity index (χ1n) is 7.77. The summed E-state index contributed by atoms with van der Waals surface area (Å²) in [7, 11) is 0. The van der Waals surface area contributed by atoms with Gasteiger partial charge in [0.25, 0.3) is 0 Å². The Labute approximate surface area is 131 Å². The van der Waals surface area contributed by atoms with E-state index in [9.17, 15) is 0 Å². The maximum Gasteiger partial charge on any atom is 0.248 e. The molecule has 2 N–H and O–H groups in total. The van der Waals surface area contributed by atoms with Crippen LogP contribution in [-0.4, -0.2) is 22.6 Å². The van der Waals surface area contributed by atoms with Gasteiger partial charge in [-0.3, -0.25) is 0 Å². The molecule has 0 spiro atoms. The van der Waals surface area contributed by atoms with Crippen LogP contribution in [0.25, 0.3) is 0 Å². The zero-order valence-corrected chi connectivity index (χ0v) is 13.1. The Balaban J connectivity index is 1.86. The zero-order valence-electron chi connectivity index (χ0n) is 13.1. The second-order valence-corrected chi connectivity index (χ2v) is 5.87. The summed E-state index contributed by atoms with van der Waals surface area (Å²) in [5.74, 6) is 1.93. The molecule has 5 nitrogen and oxygen atoms in total. The second-order valence-electron chi connectivity index (χ2n) is 5.87. The van der Waals surface area contributed by atoms with E-state index in [-0.39, 0.29) is 0 Å². The lowest BCUT2D eigenvalue weighted by atomic mass is 10.0. The van der Waals surface area contributed by atoms with Gasteiger partial charge in [-0.15, -0.1) is 0 Å². The number of benzene rings is 1. The van der Waals surface area contributed by atoms with Crippen molar-refractivity contribution in [2.45, 2.75) is 39.2 Å². The highest BCUT2D eigenvalue weighted by atomic mass is 16.5. The van der Waals surface area contributed by atoms with Gasteiger partial charge < -0.3 is 15.4 Å². The van der Waals surface area contributed by atoms with E-state index in [1.54, 1.807) is 0 Å². The zero-order chi connectivity index (χ0) is 15.5. The average molecular weight is 298 g/mol. The van der Waals surface area contributed by atoms with Gasteiger partial charge in [0.2, 0.25) is 5.88 Å². The Bertz CT molecular complexity index is 642. The SMILES string of the molecule is Cc1ccc(Oc2ncnc(N3CCCCC3C)c2N)cc1. The number of rotatable bonds is 3. The molecule has 0 bridgehead atoms. The first-order chi connectivity index (χ1) is 10.6. The van der Waals surface area contributed by atoms with Gasteiger partial charge in [0.1, 0.15) is 17.8 Å². The summed E-state index contributed by atoms with van der Waals surface area (Å²) in [5, 5.41) is 0. The highest BCUT2D eigenvalue weighted by Gasteiger charge is 2.23. The first-order valence-corrected chi connectivity index (χ1v) is 7.77. The normalized spacial score (nSPS) is 18.3. The maximum absolute atomic E-state index is 6.26. The number of nitrogens with zero attached hydrogens (tertiary/aromatic N) is 3. The summed E-state index contributed by atoms with van der Waals surface area (Å²) < 4.78 is 5.83. The first kappa shape index (κ1) is 14.6. The molecule has 1 aromatic carbocycles. The highest BCUT2D eigenvalue weighted by molar-refractivity contribution is 5.68. The van der Waals surface area contributed by atoms with Crippen LogP contribution in [0, 0.1) is 6.92 Å². The number of aromatic nitrogens is 2. The predicted molar refractivity (Wildman–Crippen MR) is 88.4 cm³/mol. The Morgan fingerprint density at radius 3 is 2.68 bits per heavy atom. The van der Waals surface area contributed by atoms with E-state index >= 15 is 0 Å². The monoisotopic (exact) mass is 298 g/mol. The molecule has 2 aromatic rings. The van der Waals surface area contributed by atoms with E-state index in [2.05, 4.69) is 21.8 Å². The number of hydrogen-bond acceptors (Lipinski definition) is 5.